The smallest absolute Gasteiger partial charge is 0.0325 e. The van der Waals surface area contributed by atoms with Crippen LogP contribution in [0.3, 0.4) is 0 Å². The minimum atomic E-state index is 0.414. The van der Waals surface area contributed by atoms with Gasteiger partial charge >= 0.3 is 0 Å². The van der Waals surface area contributed by atoms with Gasteiger partial charge in [-0.1, -0.05) is 0 Å². The van der Waals surface area contributed by atoms with Gasteiger partial charge in [-0.15, -0.1) is 0 Å². The lowest BCUT2D eigenvalue weighted by Crippen LogP contribution is -2.60. The Balaban J connectivity index is 2.15. The minimum absolute atomic E-state index is 0.414. The van der Waals surface area contributed by atoms with Gasteiger partial charge in [-0.3, -0.25) is 0 Å². The first-order valence-corrected chi connectivity index (χ1v) is 2.88. The van der Waals surface area contributed by atoms with E-state index in [1.807, 2.05) is 14.1 Å². The molecule has 1 saturated heterocycles. The van der Waals surface area contributed by atoms with Crippen molar-refractivity contribution >= 4 is 0 Å². The summed E-state index contributed by atoms with van der Waals surface area (Å²) >= 11 is 0. The molecule has 0 saturated carbocycles. The third-order valence-electron chi connectivity index (χ3n) is 1.46. The third-order valence-corrected chi connectivity index (χ3v) is 1.46. The molecule has 0 amide bonds. The van der Waals surface area contributed by atoms with Crippen LogP contribution in [-0.4, -0.2) is 43.2 Å². The second kappa shape index (κ2) is 2.01. The molecule has 1 aliphatic heterocycles. The summed E-state index contributed by atoms with van der Waals surface area (Å²) in [7, 11) is 4.07. The highest BCUT2D eigenvalue weighted by molar-refractivity contribution is 4.79. The van der Waals surface area contributed by atoms with E-state index in [9.17, 15) is 0 Å². The van der Waals surface area contributed by atoms with Gasteiger partial charge in [0.15, 0.2) is 0 Å². The quantitative estimate of drug-likeness (QED) is 0.481. The molecule has 0 spiro atoms. The Morgan fingerprint density at radius 3 is 2.12 bits per heavy atom. The third kappa shape index (κ3) is 0.992. The summed E-state index contributed by atoms with van der Waals surface area (Å²) in [6, 6.07) is 0.414. The number of hydrazine groups is 1. The van der Waals surface area contributed by atoms with E-state index >= 15 is 0 Å². The normalized spacial score (nSPS) is 24.0. The number of hydrogen-bond donors (Lipinski definition) is 1. The molecule has 1 rings (SSSR count). The molecule has 2 N–H and O–H groups in total. The lowest BCUT2D eigenvalue weighted by atomic mass is 10.2. The summed E-state index contributed by atoms with van der Waals surface area (Å²) in [4.78, 5) is 0. The van der Waals surface area contributed by atoms with E-state index in [0.29, 0.717) is 6.04 Å². The Kier molecular flexibility index (Phi) is 1.51. The largest absolute Gasteiger partial charge is 0.325 e. The van der Waals surface area contributed by atoms with Gasteiger partial charge in [-0.2, -0.15) is 0 Å². The monoisotopic (exact) mass is 115 g/mol. The van der Waals surface area contributed by atoms with Crippen molar-refractivity contribution in [2.45, 2.75) is 6.04 Å². The molecule has 0 aromatic heterocycles. The van der Waals surface area contributed by atoms with Crippen molar-refractivity contribution in [2.24, 2.45) is 5.73 Å². The Labute approximate surface area is 50.0 Å². The van der Waals surface area contributed by atoms with E-state index in [1.165, 1.54) is 0 Å². The molecule has 8 heavy (non-hydrogen) atoms. The zero-order valence-corrected chi connectivity index (χ0v) is 5.46. The topological polar surface area (TPSA) is 32.5 Å². The predicted molar refractivity (Wildman–Crippen MR) is 33.2 cm³/mol. The molecule has 0 atom stereocenters. The highest BCUT2D eigenvalue weighted by Gasteiger charge is 2.23. The molecule has 0 aromatic rings. The standard InChI is InChI=1S/C5H13N3/c1-7(2)8-3-5(6)4-8/h5H,3-4,6H2,1-2H3. The van der Waals surface area contributed by atoms with Crippen LogP contribution in [0.15, 0.2) is 0 Å². The molecular formula is C5H13N3. The summed E-state index contributed by atoms with van der Waals surface area (Å²) in [5.41, 5.74) is 5.54. The summed E-state index contributed by atoms with van der Waals surface area (Å²) in [6.07, 6.45) is 0. The maximum absolute atomic E-state index is 5.54. The van der Waals surface area contributed by atoms with Gasteiger partial charge in [0, 0.05) is 33.2 Å². The van der Waals surface area contributed by atoms with Gasteiger partial charge in [0.2, 0.25) is 0 Å². The van der Waals surface area contributed by atoms with E-state index in [0.717, 1.165) is 13.1 Å². The Morgan fingerprint density at radius 2 is 2.00 bits per heavy atom. The van der Waals surface area contributed by atoms with Crippen molar-refractivity contribution in [3.05, 3.63) is 0 Å². The van der Waals surface area contributed by atoms with E-state index in [1.54, 1.807) is 0 Å². The molecule has 48 valence electrons. The molecule has 0 unspecified atom stereocenters. The highest BCUT2D eigenvalue weighted by Crippen LogP contribution is 2.04. The fourth-order valence-electron chi connectivity index (χ4n) is 0.815. The van der Waals surface area contributed by atoms with Crippen molar-refractivity contribution in [3.63, 3.8) is 0 Å². The van der Waals surface area contributed by atoms with Crippen LogP contribution < -0.4 is 5.73 Å². The molecular weight excluding hydrogens is 102 g/mol. The molecule has 0 aliphatic carbocycles. The number of hydrogen-bond acceptors (Lipinski definition) is 3. The molecule has 3 nitrogen and oxygen atoms in total. The molecule has 0 radical (unpaired) electrons. The molecule has 0 bridgehead atoms. The summed E-state index contributed by atoms with van der Waals surface area (Å²) in [5, 5.41) is 4.27. The van der Waals surface area contributed by atoms with Crippen LogP contribution in [0.25, 0.3) is 0 Å². The maximum atomic E-state index is 5.54. The maximum Gasteiger partial charge on any atom is 0.0325 e. The van der Waals surface area contributed by atoms with Crippen LogP contribution in [0, 0.1) is 0 Å². The minimum Gasteiger partial charge on any atom is -0.325 e. The summed E-state index contributed by atoms with van der Waals surface area (Å²) in [5.74, 6) is 0. The SMILES string of the molecule is CN(C)N1CC(N)C1. The van der Waals surface area contributed by atoms with Gasteiger partial charge in [-0.25, -0.2) is 10.0 Å². The van der Waals surface area contributed by atoms with Gasteiger partial charge in [-0.05, 0) is 0 Å². The first kappa shape index (κ1) is 6.01. The predicted octanol–water partition coefficient (Wildman–Crippen LogP) is -0.894. The Hall–Kier alpha value is -0.120. The molecule has 1 fully saturated rings. The first-order chi connectivity index (χ1) is 3.70. The van der Waals surface area contributed by atoms with E-state index in [2.05, 4.69) is 10.0 Å². The van der Waals surface area contributed by atoms with Crippen LogP contribution in [0.4, 0.5) is 0 Å². The Bertz CT molecular complexity index is 75.7. The van der Waals surface area contributed by atoms with Crippen molar-refractivity contribution in [1.82, 2.24) is 10.0 Å². The van der Waals surface area contributed by atoms with Crippen molar-refractivity contribution in [3.8, 4) is 0 Å². The highest BCUT2D eigenvalue weighted by atomic mass is 15.6. The second-order valence-corrected chi connectivity index (χ2v) is 2.48. The van der Waals surface area contributed by atoms with Crippen LogP contribution in [0.2, 0.25) is 0 Å². The zero-order chi connectivity index (χ0) is 6.15. The van der Waals surface area contributed by atoms with Gasteiger partial charge in [0.1, 0.15) is 0 Å². The van der Waals surface area contributed by atoms with E-state index in [4.69, 9.17) is 5.73 Å². The van der Waals surface area contributed by atoms with Crippen LogP contribution >= 0.6 is 0 Å². The number of nitrogens with zero attached hydrogens (tertiary/aromatic N) is 2. The van der Waals surface area contributed by atoms with Gasteiger partial charge in [0.25, 0.3) is 0 Å². The van der Waals surface area contributed by atoms with E-state index in [-0.39, 0.29) is 0 Å². The fraction of sp³-hybridized carbons (Fsp3) is 1.00. The van der Waals surface area contributed by atoms with Crippen LogP contribution in [0.5, 0.6) is 0 Å². The van der Waals surface area contributed by atoms with Crippen molar-refractivity contribution < 1.29 is 0 Å². The van der Waals surface area contributed by atoms with Crippen LogP contribution in [-0.2, 0) is 0 Å². The van der Waals surface area contributed by atoms with E-state index < -0.39 is 0 Å². The molecule has 0 aromatic carbocycles. The first-order valence-electron chi connectivity index (χ1n) is 2.88. The fourth-order valence-corrected chi connectivity index (χ4v) is 0.815. The average molecular weight is 115 g/mol. The average Bonchev–Trinajstić information content (AvgIpc) is 1.57. The van der Waals surface area contributed by atoms with Crippen LogP contribution in [0.1, 0.15) is 0 Å². The van der Waals surface area contributed by atoms with Gasteiger partial charge in [0.05, 0.1) is 0 Å². The zero-order valence-electron chi connectivity index (χ0n) is 5.46. The van der Waals surface area contributed by atoms with Crippen molar-refractivity contribution in [2.75, 3.05) is 27.2 Å². The molecule has 3 heteroatoms. The summed E-state index contributed by atoms with van der Waals surface area (Å²) < 4.78 is 0. The molecule has 1 heterocycles. The lowest BCUT2D eigenvalue weighted by molar-refractivity contribution is -0.0438. The van der Waals surface area contributed by atoms with Crippen molar-refractivity contribution in [1.29, 1.82) is 0 Å². The van der Waals surface area contributed by atoms with Gasteiger partial charge < -0.3 is 5.73 Å². The number of rotatable bonds is 1. The second-order valence-electron chi connectivity index (χ2n) is 2.48. The lowest BCUT2D eigenvalue weighted by Gasteiger charge is -2.40. The Morgan fingerprint density at radius 1 is 1.50 bits per heavy atom. The molecule has 1 aliphatic rings. The number of nitrogens with two attached hydrogens (primary N) is 1. The summed E-state index contributed by atoms with van der Waals surface area (Å²) in [6.45, 7) is 2.04.